The van der Waals surface area contributed by atoms with E-state index >= 15 is 4.39 Å². The molecule has 7 nitrogen and oxygen atoms in total. The number of piperidine rings is 1. The quantitative estimate of drug-likeness (QED) is 0.778. The number of alkyl halides is 1. The molecule has 0 spiro atoms. The first-order valence-electron chi connectivity index (χ1n) is 8.62. The van der Waals surface area contributed by atoms with Gasteiger partial charge >= 0.3 is 6.09 Å². The van der Waals surface area contributed by atoms with E-state index < -0.39 is 29.9 Å². The molecule has 0 aromatic carbocycles. The summed E-state index contributed by atoms with van der Waals surface area (Å²) in [7, 11) is 1.77. The zero-order valence-corrected chi connectivity index (χ0v) is 16.1. The van der Waals surface area contributed by atoms with E-state index in [0.717, 1.165) is 0 Å². The monoisotopic (exact) mass is 386 g/mol. The van der Waals surface area contributed by atoms with Crippen LogP contribution >= 0.6 is 11.6 Å². The van der Waals surface area contributed by atoms with Crippen molar-refractivity contribution in [1.29, 1.82) is 0 Å². The number of ether oxygens (including phenoxy) is 2. The molecular formula is C17H24ClFN4O3. The minimum atomic E-state index is -1.30. The molecule has 144 valence electrons. The first-order valence-corrected chi connectivity index (χ1v) is 9.00. The average Bonchev–Trinajstić information content (AvgIpc) is 2.56. The number of nitrogens with zero attached hydrogens (tertiary/aromatic N) is 4. The Morgan fingerprint density at radius 3 is 2.73 bits per heavy atom. The van der Waals surface area contributed by atoms with Gasteiger partial charge in [-0.15, -0.1) is 10.2 Å². The summed E-state index contributed by atoms with van der Waals surface area (Å²) in [5.41, 5.74) is -0.634. The van der Waals surface area contributed by atoms with E-state index in [1.807, 2.05) is 0 Å². The zero-order valence-electron chi connectivity index (χ0n) is 15.4. The van der Waals surface area contributed by atoms with Crippen LogP contribution in [-0.2, 0) is 9.47 Å². The van der Waals surface area contributed by atoms with Gasteiger partial charge in [0.05, 0.1) is 31.3 Å². The highest BCUT2D eigenvalue weighted by molar-refractivity contribution is 6.29. The van der Waals surface area contributed by atoms with Crippen LogP contribution in [-0.4, -0.2) is 71.4 Å². The normalized spacial score (nSPS) is 28.6. The molecule has 1 aromatic rings. The van der Waals surface area contributed by atoms with Gasteiger partial charge in [0.2, 0.25) is 0 Å². The molecule has 4 atom stereocenters. The first-order chi connectivity index (χ1) is 12.2. The molecule has 0 N–H and O–H groups in total. The van der Waals surface area contributed by atoms with E-state index in [9.17, 15) is 4.79 Å². The van der Waals surface area contributed by atoms with Gasteiger partial charge in [-0.25, -0.2) is 9.18 Å². The zero-order chi connectivity index (χ0) is 19.1. The van der Waals surface area contributed by atoms with E-state index in [1.165, 1.54) is 4.90 Å². The molecule has 9 heteroatoms. The molecule has 1 aromatic heterocycles. The highest BCUT2D eigenvalue weighted by atomic mass is 35.5. The number of carbonyl (C=O) groups excluding carboxylic acids is 1. The number of aromatic nitrogens is 2. The molecule has 3 rings (SSSR count). The molecular weight excluding hydrogens is 363 g/mol. The highest BCUT2D eigenvalue weighted by Crippen LogP contribution is 2.34. The summed E-state index contributed by atoms with van der Waals surface area (Å²) in [5, 5.41) is 8.12. The fraction of sp³-hybridized carbons (Fsp3) is 0.706. The second-order valence-corrected chi connectivity index (χ2v) is 8.11. The van der Waals surface area contributed by atoms with Crippen LogP contribution in [0.1, 0.15) is 27.2 Å². The summed E-state index contributed by atoms with van der Waals surface area (Å²) >= 11 is 5.77. The highest BCUT2D eigenvalue weighted by Gasteiger charge is 2.50. The van der Waals surface area contributed by atoms with E-state index in [-0.39, 0.29) is 17.8 Å². The van der Waals surface area contributed by atoms with Crippen LogP contribution in [0.25, 0.3) is 0 Å². The summed E-state index contributed by atoms with van der Waals surface area (Å²) in [6, 6.07) is 1.94. The molecule has 2 aliphatic heterocycles. The molecule has 0 unspecified atom stereocenters. The Bertz CT molecular complexity index is 654. The predicted octanol–water partition coefficient (Wildman–Crippen LogP) is 2.68. The number of rotatable bonds is 2. The summed E-state index contributed by atoms with van der Waals surface area (Å²) in [4.78, 5) is 15.9. The summed E-state index contributed by atoms with van der Waals surface area (Å²) in [6.07, 6.45) is -1.38. The lowest BCUT2D eigenvalue weighted by molar-refractivity contribution is -0.107. The van der Waals surface area contributed by atoms with Gasteiger partial charge in [0, 0.05) is 7.05 Å². The number of halogens is 2. The van der Waals surface area contributed by atoms with Crippen molar-refractivity contribution in [3.63, 3.8) is 0 Å². The molecule has 0 radical (unpaired) electrons. The van der Waals surface area contributed by atoms with Crippen molar-refractivity contribution < 1.29 is 18.7 Å². The van der Waals surface area contributed by atoms with E-state index in [4.69, 9.17) is 21.1 Å². The maximum Gasteiger partial charge on any atom is 0.411 e. The molecule has 2 aliphatic rings. The Morgan fingerprint density at radius 1 is 1.38 bits per heavy atom. The van der Waals surface area contributed by atoms with Gasteiger partial charge in [0.1, 0.15) is 11.8 Å². The number of anilines is 1. The topological polar surface area (TPSA) is 67.8 Å². The molecule has 2 fully saturated rings. The third-order valence-corrected chi connectivity index (χ3v) is 4.88. The van der Waals surface area contributed by atoms with Gasteiger partial charge in [0.25, 0.3) is 0 Å². The van der Waals surface area contributed by atoms with Crippen molar-refractivity contribution in [1.82, 2.24) is 15.1 Å². The summed E-state index contributed by atoms with van der Waals surface area (Å²) < 4.78 is 26.3. The summed E-state index contributed by atoms with van der Waals surface area (Å²) in [6.45, 7) is 5.89. The van der Waals surface area contributed by atoms with Gasteiger partial charge in [-0.1, -0.05) is 11.6 Å². The molecule has 0 saturated carbocycles. The Kier molecular flexibility index (Phi) is 5.25. The van der Waals surface area contributed by atoms with Gasteiger partial charge in [-0.05, 0) is 39.3 Å². The van der Waals surface area contributed by atoms with Crippen LogP contribution in [0.2, 0.25) is 5.15 Å². The Hall–Kier alpha value is -1.67. The second kappa shape index (κ2) is 7.15. The lowest BCUT2D eigenvalue weighted by atomic mass is 9.88. The molecule has 26 heavy (non-hydrogen) atoms. The maximum atomic E-state index is 15.3. The SMILES string of the molecule is CN(c1ccc(Cl)nn1)[C@H]1C[C@@H]2COC[C@H]([C@H]1F)N2C(=O)OC(C)(C)C. The number of hydrogen-bond acceptors (Lipinski definition) is 6. The van der Waals surface area contributed by atoms with Crippen molar-refractivity contribution in [3.8, 4) is 0 Å². The predicted molar refractivity (Wildman–Crippen MR) is 95.2 cm³/mol. The minimum absolute atomic E-state index is 0.146. The molecule has 2 saturated heterocycles. The van der Waals surface area contributed by atoms with Crippen molar-refractivity contribution in [3.05, 3.63) is 17.3 Å². The molecule has 2 bridgehead atoms. The van der Waals surface area contributed by atoms with Crippen LogP contribution in [0, 0.1) is 0 Å². The number of morpholine rings is 1. The van der Waals surface area contributed by atoms with Crippen molar-refractivity contribution in [2.24, 2.45) is 0 Å². The van der Waals surface area contributed by atoms with Gasteiger partial charge < -0.3 is 14.4 Å². The van der Waals surface area contributed by atoms with Crippen LogP contribution in [0.15, 0.2) is 12.1 Å². The average molecular weight is 387 g/mol. The number of hydrogen-bond donors (Lipinski definition) is 0. The lowest BCUT2D eigenvalue weighted by Gasteiger charge is -2.51. The Balaban J connectivity index is 1.79. The standard InChI is InChI=1S/C17H24ClFN4O3/c1-17(2,3)26-16(24)23-10-7-11(15(19)12(23)9-25-8-10)22(4)14-6-5-13(18)20-21-14/h5-6,10-12,15H,7-9H2,1-4H3/t10-,11+,12-,15+/m1/s1. The van der Waals surface area contributed by atoms with E-state index in [1.54, 1.807) is 44.9 Å². The van der Waals surface area contributed by atoms with Gasteiger partial charge in [-0.2, -0.15) is 0 Å². The van der Waals surface area contributed by atoms with Crippen molar-refractivity contribution in [2.75, 3.05) is 25.2 Å². The first kappa shape index (κ1) is 19.1. The third-order valence-electron chi connectivity index (χ3n) is 4.68. The van der Waals surface area contributed by atoms with Gasteiger partial charge in [-0.3, -0.25) is 4.90 Å². The number of carbonyl (C=O) groups is 1. The number of fused-ring (bicyclic) bond motifs is 2. The van der Waals surface area contributed by atoms with Gasteiger partial charge in [0.15, 0.2) is 11.0 Å². The van der Waals surface area contributed by atoms with Crippen molar-refractivity contribution >= 4 is 23.5 Å². The largest absolute Gasteiger partial charge is 0.444 e. The van der Waals surface area contributed by atoms with Crippen LogP contribution in [0.5, 0.6) is 0 Å². The smallest absolute Gasteiger partial charge is 0.411 e. The Morgan fingerprint density at radius 2 is 2.12 bits per heavy atom. The molecule has 3 heterocycles. The fourth-order valence-electron chi connectivity index (χ4n) is 3.49. The maximum absolute atomic E-state index is 15.3. The molecule has 1 amide bonds. The fourth-order valence-corrected chi connectivity index (χ4v) is 3.59. The molecule has 0 aliphatic carbocycles. The second-order valence-electron chi connectivity index (χ2n) is 7.72. The lowest BCUT2D eigenvalue weighted by Crippen LogP contribution is -2.68. The van der Waals surface area contributed by atoms with Crippen LogP contribution in [0.4, 0.5) is 15.0 Å². The van der Waals surface area contributed by atoms with E-state index in [0.29, 0.717) is 18.8 Å². The summed E-state index contributed by atoms with van der Waals surface area (Å²) in [5.74, 6) is 0.534. The Labute approximate surface area is 157 Å². The van der Waals surface area contributed by atoms with Crippen molar-refractivity contribution in [2.45, 2.75) is 57.1 Å². The number of amides is 1. The minimum Gasteiger partial charge on any atom is -0.444 e. The van der Waals surface area contributed by atoms with E-state index in [2.05, 4.69) is 10.2 Å². The van der Waals surface area contributed by atoms with Crippen LogP contribution < -0.4 is 4.90 Å². The van der Waals surface area contributed by atoms with Crippen LogP contribution in [0.3, 0.4) is 0 Å². The third kappa shape index (κ3) is 3.86.